The predicted molar refractivity (Wildman–Crippen MR) is 131 cm³/mol. The van der Waals surface area contributed by atoms with Gasteiger partial charge >= 0.3 is 0 Å². The number of aromatic nitrogens is 2. The van der Waals surface area contributed by atoms with Crippen molar-refractivity contribution in [3.63, 3.8) is 0 Å². The minimum absolute atomic E-state index is 0.199. The molecule has 0 aliphatic carbocycles. The first-order valence-corrected chi connectivity index (χ1v) is 11.7. The fraction of sp³-hybridized carbons (Fsp3) is 0.154. The zero-order chi connectivity index (χ0) is 23.8. The minimum atomic E-state index is -0.301. The van der Waals surface area contributed by atoms with E-state index >= 15 is 0 Å². The molecule has 2 heterocycles. The van der Waals surface area contributed by atoms with Crippen molar-refractivity contribution < 1.29 is 14.3 Å². The molecule has 1 aliphatic rings. The van der Waals surface area contributed by atoms with E-state index < -0.39 is 0 Å². The van der Waals surface area contributed by atoms with Crippen LogP contribution < -0.4 is 10.3 Å². The summed E-state index contributed by atoms with van der Waals surface area (Å²) in [5.41, 5.74) is 2.77. The Balaban J connectivity index is 1.51. The van der Waals surface area contributed by atoms with Crippen LogP contribution in [0.5, 0.6) is 5.75 Å². The number of amides is 2. The Morgan fingerprint density at radius 3 is 2.29 bits per heavy atom. The molecular weight excluding hydrogens is 450 g/mol. The first kappa shape index (κ1) is 21.9. The maximum atomic E-state index is 13.5. The lowest BCUT2D eigenvalue weighted by molar-refractivity contribution is 0.0664. The Morgan fingerprint density at radius 2 is 1.59 bits per heavy atom. The largest absolute Gasteiger partial charge is 0.495 e. The van der Waals surface area contributed by atoms with Crippen LogP contribution in [0.3, 0.4) is 0 Å². The normalized spacial score (nSPS) is 12.9. The van der Waals surface area contributed by atoms with Crippen LogP contribution in [-0.4, -0.2) is 45.7 Å². The highest BCUT2D eigenvalue weighted by molar-refractivity contribution is 7.99. The van der Waals surface area contributed by atoms with E-state index in [1.54, 1.807) is 54.1 Å². The first-order valence-electron chi connectivity index (χ1n) is 10.7. The molecule has 3 aromatic carbocycles. The molecule has 7 nitrogen and oxygen atoms in total. The molecule has 0 saturated heterocycles. The standard InChI is InChI=1S/C26H21N3O4S/c1-16-11-12-22(33-2)21(15-16)29-25(32)19-9-5-6-10-20(19)27-26(29)34-14-13-28-23(30)17-7-3-4-8-18(17)24(28)31/h3-12,15H,13-14H2,1-2H3. The van der Waals surface area contributed by atoms with Gasteiger partial charge in [-0.1, -0.05) is 42.1 Å². The lowest BCUT2D eigenvalue weighted by atomic mass is 10.1. The number of nitrogens with zero attached hydrogens (tertiary/aromatic N) is 3. The smallest absolute Gasteiger partial charge is 0.266 e. The van der Waals surface area contributed by atoms with E-state index in [1.807, 2.05) is 31.2 Å². The van der Waals surface area contributed by atoms with Gasteiger partial charge in [0.1, 0.15) is 5.75 Å². The SMILES string of the molecule is COc1ccc(C)cc1-n1c(SCCN2C(=O)c3ccccc3C2=O)nc2ccccc2c1=O. The molecule has 0 atom stereocenters. The second-order valence-corrected chi connectivity index (χ2v) is 8.95. The van der Waals surface area contributed by atoms with Crippen LogP contribution in [0.2, 0.25) is 0 Å². The fourth-order valence-corrected chi connectivity index (χ4v) is 5.00. The van der Waals surface area contributed by atoms with E-state index in [9.17, 15) is 14.4 Å². The number of imide groups is 1. The van der Waals surface area contributed by atoms with Crippen LogP contribution in [-0.2, 0) is 0 Å². The van der Waals surface area contributed by atoms with Crippen molar-refractivity contribution in [1.82, 2.24) is 14.5 Å². The van der Waals surface area contributed by atoms with Gasteiger partial charge in [-0.3, -0.25) is 23.9 Å². The topological polar surface area (TPSA) is 81.5 Å². The van der Waals surface area contributed by atoms with Gasteiger partial charge in [0.15, 0.2) is 5.16 Å². The summed E-state index contributed by atoms with van der Waals surface area (Å²) in [6.45, 7) is 2.14. The van der Waals surface area contributed by atoms with E-state index in [0.717, 1.165) is 5.56 Å². The molecule has 0 fully saturated rings. The molecule has 0 spiro atoms. The second kappa shape index (κ2) is 8.79. The number of thioether (sulfide) groups is 1. The zero-order valence-corrected chi connectivity index (χ0v) is 19.5. The number of hydrogen-bond acceptors (Lipinski definition) is 6. The van der Waals surface area contributed by atoms with Gasteiger partial charge in [-0.2, -0.15) is 0 Å². The molecule has 0 bridgehead atoms. The Kier molecular flexibility index (Phi) is 5.67. The van der Waals surface area contributed by atoms with Crippen molar-refractivity contribution in [3.8, 4) is 11.4 Å². The summed E-state index contributed by atoms with van der Waals surface area (Å²) in [6, 6.07) is 19.6. The summed E-state index contributed by atoms with van der Waals surface area (Å²) in [6.07, 6.45) is 0. The lowest BCUT2D eigenvalue weighted by Crippen LogP contribution is -2.32. The highest BCUT2D eigenvalue weighted by atomic mass is 32.2. The van der Waals surface area contributed by atoms with E-state index in [0.29, 0.717) is 44.4 Å². The summed E-state index contributed by atoms with van der Waals surface area (Å²) in [5.74, 6) is 0.326. The highest BCUT2D eigenvalue weighted by Crippen LogP contribution is 2.29. The summed E-state index contributed by atoms with van der Waals surface area (Å²) < 4.78 is 7.08. The number of fused-ring (bicyclic) bond motifs is 2. The lowest BCUT2D eigenvalue weighted by Gasteiger charge is -2.17. The monoisotopic (exact) mass is 471 g/mol. The number of methoxy groups -OCH3 is 1. The number of aryl methyl sites for hydroxylation is 1. The molecule has 0 radical (unpaired) electrons. The molecule has 0 saturated carbocycles. The number of rotatable bonds is 6. The van der Waals surface area contributed by atoms with Gasteiger partial charge in [-0.05, 0) is 48.9 Å². The highest BCUT2D eigenvalue weighted by Gasteiger charge is 2.34. The fourth-order valence-electron chi connectivity index (χ4n) is 4.07. The van der Waals surface area contributed by atoms with Gasteiger partial charge in [0.05, 0.1) is 34.8 Å². The molecule has 0 N–H and O–H groups in total. The van der Waals surface area contributed by atoms with Gasteiger partial charge in [0, 0.05) is 12.3 Å². The summed E-state index contributed by atoms with van der Waals surface area (Å²) >= 11 is 1.32. The van der Waals surface area contributed by atoms with Gasteiger partial charge in [-0.15, -0.1) is 0 Å². The van der Waals surface area contributed by atoms with E-state index in [1.165, 1.54) is 16.7 Å². The second-order valence-electron chi connectivity index (χ2n) is 7.88. The third-order valence-corrected chi connectivity index (χ3v) is 6.66. The van der Waals surface area contributed by atoms with E-state index in [-0.39, 0.29) is 23.9 Å². The van der Waals surface area contributed by atoms with Crippen LogP contribution in [0.1, 0.15) is 26.3 Å². The predicted octanol–water partition coefficient (Wildman–Crippen LogP) is 4.09. The first-order chi connectivity index (χ1) is 16.5. The van der Waals surface area contributed by atoms with Crippen molar-refractivity contribution in [1.29, 1.82) is 0 Å². The van der Waals surface area contributed by atoms with Crippen molar-refractivity contribution in [2.45, 2.75) is 12.1 Å². The summed E-state index contributed by atoms with van der Waals surface area (Å²) in [7, 11) is 1.56. The van der Waals surface area contributed by atoms with Crippen molar-refractivity contribution in [2.24, 2.45) is 0 Å². The number of ether oxygens (including phenoxy) is 1. The zero-order valence-electron chi connectivity index (χ0n) is 18.6. The molecule has 8 heteroatoms. The maximum Gasteiger partial charge on any atom is 0.266 e. The molecule has 170 valence electrons. The molecule has 5 rings (SSSR count). The van der Waals surface area contributed by atoms with Crippen molar-refractivity contribution in [3.05, 3.63) is 93.8 Å². The number of para-hydroxylation sites is 1. The van der Waals surface area contributed by atoms with Crippen LogP contribution in [0, 0.1) is 6.92 Å². The molecule has 34 heavy (non-hydrogen) atoms. The van der Waals surface area contributed by atoms with Crippen LogP contribution in [0.15, 0.2) is 76.7 Å². The number of carbonyl (C=O) groups is 2. The van der Waals surface area contributed by atoms with Gasteiger partial charge in [-0.25, -0.2) is 4.98 Å². The average molecular weight is 472 g/mol. The van der Waals surface area contributed by atoms with Crippen molar-refractivity contribution in [2.75, 3.05) is 19.4 Å². The molecule has 1 aliphatic heterocycles. The number of benzene rings is 3. The molecule has 0 unspecified atom stereocenters. The Morgan fingerprint density at radius 1 is 0.912 bits per heavy atom. The van der Waals surface area contributed by atoms with Gasteiger partial charge < -0.3 is 4.74 Å². The Bertz CT molecular complexity index is 1480. The molecule has 2 amide bonds. The Labute approximate surface area is 200 Å². The molecule has 4 aromatic rings. The minimum Gasteiger partial charge on any atom is -0.495 e. The molecule has 1 aromatic heterocycles. The van der Waals surface area contributed by atoms with Gasteiger partial charge in [0.2, 0.25) is 0 Å². The number of hydrogen-bond donors (Lipinski definition) is 0. The van der Waals surface area contributed by atoms with Crippen LogP contribution in [0.4, 0.5) is 0 Å². The van der Waals surface area contributed by atoms with Gasteiger partial charge in [0.25, 0.3) is 17.4 Å². The van der Waals surface area contributed by atoms with Crippen LogP contribution in [0.25, 0.3) is 16.6 Å². The third kappa shape index (κ3) is 3.66. The average Bonchev–Trinajstić information content (AvgIpc) is 3.09. The summed E-state index contributed by atoms with van der Waals surface area (Å²) in [4.78, 5) is 44.9. The van der Waals surface area contributed by atoms with Crippen LogP contribution >= 0.6 is 11.8 Å². The molecular formula is C26H21N3O4S. The van der Waals surface area contributed by atoms with Crippen molar-refractivity contribution >= 4 is 34.5 Å². The Hall–Kier alpha value is -3.91. The summed E-state index contributed by atoms with van der Waals surface area (Å²) in [5, 5.41) is 0.958. The number of carbonyl (C=O) groups excluding carboxylic acids is 2. The van der Waals surface area contributed by atoms with E-state index in [4.69, 9.17) is 9.72 Å². The maximum absolute atomic E-state index is 13.5. The quantitative estimate of drug-likeness (QED) is 0.239. The van der Waals surface area contributed by atoms with E-state index in [2.05, 4.69) is 0 Å². The third-order valence-electron chi connectivity index (χ3n) is 5.74.